The molecule has 0 atom stereocenters. The van der Waals surface area contributed by atoms with Gasteiger partial charge in [0.25, 0.3) is 0 Å². The molecule has 1 aliphatic heterocycles. The van der Waals surface area contributed by atoms with E-state index in [-0.39, 0.29) is 36.7 Å². The lowest BCUT2D eigenvalue weighted by Gasteiger charge is -2.29. The highest BCUT2D eigenvalue weighted by atomic mass is 35.5. The quantitative estimate of drug-likeness (QED) is 0.760. The Labute approximate surface area is 108 Å². The summed E-state index contributed by atoms with van der Waals surface area (Å²) in [5.74, 6) is 0.391. The highest BCUT2D eigenvalue weighted by molar-refractivity contribution is 5.86. The van der Waals surface area contributed by atoms with Gasteiger partial charge in [-0.05, 0) is 12.8 Å². The summed E-state index contributed by atoms with van der Waals surface area (Å²) in [4.78, 5) is 26.9. The molecule has 6 heteroatoms. The number of carbonyl (C=O) groups is 2. The van der Waals surface area contributed by atoms with Crippen LogP contribution in [0.15, 0.2) is 0 Å². The van der Waals surface area contributed by atoms with E-state index in [4.69, 9.17) is 0 Å². The van der Waals surface area contributed by atoms with Gasteiger partial charge >= 0.3 is 0 Å². The zero-order valence-corrected chi connectivity index (χ0v) is 11.0. The van der Waals surface area contributed by atoms with Crippen molar-refractivity contribution in [3.05, 3.63) is 0 Å². The van der Waals surface area contributed by atoms with Gasteiger partial charge < -0.3 is 15.1 Å². The number of hydrogen-bond donors (Lipinski definition) is 1. The monoisotopic (exact) mass is 261 g/mol. The number of carbonyl (C=O) groups excluding carboxylic acids is 2. The van der Waals surface area contributed by atoms with Gasteiger partial charge in [-0.3, -0.25) is 9.59 Å². The average molecular weight is 262 g/mol. The third-order valence-corrected chi connectivity index (χ3v) is 3.14. The fourth-order valence-corrected chi connectivity index (χ4v) is 1.94. The molecule has 1 saturated carbocycles. The van der Waals surface area contributed by atoms with E-state index in [1.165, 1.54) is 0 Å². The van der Waals surface area contributed by atoms with Crippen molar-refractivity contribution >= 4 is 24.2 Å². The Hall–Kier alpha value is -0.810. The standard InChI is InChI=1S/C11H19N3O2.ClH/c1-13(11(16)9-2-3-9)8-10(15)14-6-4-12-5-7-14;/h9,12H,2-8H2,1H3;1H. The van der Waals surface area contributed by atoms with Crippen molar-refractivity contribution in [1.82, 2.24) is 15.1 Å². The molecule has 0 aromatic rings. The van der Waals surface area contributed by atoms with Crippen LogP contribution in [0.5, 0.6) is 0 Å². The highest BCUT2D eigenvalue weighted by Gasteiger charge is 2.33. The SMILES string of the molecule is CN(CC(=O)N1CCNCC1)C(=O)C1CC1.Cl. The second-order valence-electron chi connectivity index (χ2n) is 4.60. The Bertz CT molecular complexity index is 288. The van der Waals surface area contributed by atoms with Crippen LogP contribution in [0.1, 0.15) is 12.8 Å². The summed E-state index contributed by atoms with van der Waals surface area (Å²) in [6, 6.07) is 0. The molecule has 2 fully saturated rings. The van der Waals surface area contributed by atoms with E-state index < -0.39 is 0 Å². The van der Waals surface area contributed by atoms with Gasteiger partial charge in [0.05, 0.1) is 6.54 Å². The highest BCUT2D eigenvalue weighted by Crippen LogP contribution is 2.30. The van der Waals surface area contributed by atoms with Crippen molar-refractivity contribution < 1.29 is 9.59 Å². The minimum atomic E-state index is 0. The van der Waals surface area contributed by atoms with Crippen molar-refractivity contribution in [1.29, 1.82) is 0 Å². The topological polar surface area (TPSA) is 52.7 Å². The summed E-state index contributed by atoms with van der Waals surface area (Å²) < 4.78 is 0. The number of piperazine rings is 1. The van der Waals surface area contributed by atoms with Crippen LogP contribution < -0.4 is 5.32 Å². The maximum Gasteiger partial charge on any atom is 0.242 e. The second-order valence-corrected chi connectivity index (χ2v) is 4.60. The van der Waals surface area contributed by atoms with Crippen molar-refractivity contribution in [2.24, 2.45) is 5.92 Å². The molecule has 1 saturated heterocycles. The van der Waals surface area contributed by atoms with Gasteiger partial charge in [-0.15, -0.1) is 12.4 Å². The van der Waals surface area contributed by atoms with Gasteiger partial charge in [0.1, 0.15) is 0 Å². The minimum absolute atomic E-state index is 0. The Morgan fingerprint density at radius 3 is 2.41 bits per heavy atom. The Balaban J connectivity index is 0.00000144. The largest absolute Gasteiger partial charge is 0.339 e. The number of amides is 2. The number of likely N-dealkylation sites (N-methyl/N-ethyl adjacent to an activating group) is 1. The lowest BCUT2D eigenvalue weighted by atomic mass is 10.3. The summed E-state index contributed by atoms with van der Waals surface area (Å²) in [5, 5.41) is 3.20. The Morgan fingerprint density at radius 1 is 1.29 bits per heavy atom. The molecule has 0 unspecified atom stereocenters. The van der Waals surface area contributed by atoms with Crippen LogP contribution >= 0.6 is 12.4 Å². The molecule has 0 aromatic heterocycles. The first-order valence-electron chi connectivity index (χ1n) is 5.92. The molecule has 1 aliphatic carbocycles. The first-order chi connectivity index (χ1) is 7.68. The molecule has 17 heavy (non-hydrogen) atoms. The predicted molar refractivity (Wildman–Crippen MR) is 67.1 cm³/mol. The van der Waals surface area contributed by atoms with Crippen LogP contribution in [0, 0.1) is 5.92 Å². The summed E-state index contributed by atoms with van der Waals surface area (Å²) in [6.45, 7) is 3.45. The first-order valence-corrected chi connectivity index (χ1v) is 5.92. The van der Waals surface area contributed by atoms with Crippen molar-refractivity contribution in [2.45, 2.75) is 12.8 Å². The molecule has 2 aliphatic rings. The molecule has 1 heterocycles. The molecular formula is C11H20ClN3O2. The van der Waals surface area contributed by atoms with E-state index in [0.717, 1.165) is 39.0 Å². The molecular weight excluding hydrogens is 242 g/mol. The van der Waals surface area contributed by atoms with E-state index >= 15 is 0 Å². The van der Waals surface area contributed by atoms with Crippen LogP contribution in [0.3, 0.4) is 0 Å². The average Bonchev–Trinajstić information content (AvgIpc) is 3.13. The smallest absolute Gasteiger partial charge is 0.242 e. The third kappa shape index (κ3) is 3.85. The number of nitrogens with one attached hydrogen (secondary N) is 1. The maximum absolute atomic E-state index is 11.9. The molecule has 0 bridgehead atoms. The molecule has 2 amide bonds. The predicted octanol–water partition coefficient (Wildman–Crippen LogP) is -0.292. The van der Waals surface area contributed by atoms with E-state index in [0.29, 0.717) is 0 Å². The van der Waals surface area contributed by atoms with Crippen LogP contribution in [0.2, 0.25) is 0 Å². The molecule has 1 N–H and O–H groups in total. The van der Waals surface area contributed by atoms with Crippen LogP contribution in [0.25, 0.3) is 0 Å². The molecule has 0 aromatic carbocycles. The van der Waals surface area contributed by atoms with E-state index in [1.807, 2.05) is 4.90 Å². The molecule has 0 spiro atoms. The Morgan fingerprint density at radius 2 is 1.88 bits per heavy atom. The van der Waals surface area contributed by atoms with E-state index in [1.54, 1.807) is 11.9 Å². The zero-order valence-electron chi connectivity index (χ0n) is 10.1. The van der Waals surface area contributed by atoms with Crippen molar-refractivity contribution in [3.8, 4) is 0 Å². The second kappa shape index (κ2) is 6.21. The van der Waals surface area contributed by atoms with Crippen molar-refractivity contribution in [3.63, 3.8) is 0 Å². The summed E-state index contributed by atoms with van der Waals surface area (Å²) >= 11 is 0. The minimum Gasteiger partial charge on any atom is -0.339 e. The van der Waals surface area contributed by atoms with Crippen LogP contribution in [-0.4, -0.2) is 61.4 Å². The molecule has 98 valence electrons. The fourth-order valence-electron chi connectivity index (χ4n) is 1.94. The van der Waals surface area contributed by atoms with Gasteiger partial charge in [0.15, 0.2) is 0 Å². The van der Waals surface area contributed by atoms with Gasteiger partial charge in [-0.25, -0.2) is 0 Å². The maximum atomic E-state index is 11.9. The van der Waals surface area contributed by atoms with Crippen LogP contribution in [0.4, 0.5) is 0 Å². The third-order valence-electron chi connectivity index (χ3n) is 3.14. The van der Waals surface area contributed by atoms with Gasteiger partial charge in [-0.1, -0.05) is 0 Å². The summed E-state index contributed by atoms with van der Waals surface area (Å²) in [6.07, 6.45) is 1.98. The van der Waals surface area contributed by atoms with E-state index in [2.05, 4.69) is 5.32 Å². The number of halogens is 1. The Kier molecular flexibility index (Phi) is 5.21. The summed E-state index contributed by atoms with van der Waals surface area (Å²) in [7, 11) is 1.72. The number of nitrogens with zero attached hydrogens (tertiary/aromatic N) is 2. The summed E-state index contributed by atoms with van der Waals surface area (Å²) in [5.41, 5.74) is 0. The van der Waals surface area contributed by atoms with Gasteiger partial charge in [0, 0.05) is 39.1 Å². The number of rotatable bonds is 3. The number of hydrogen-bond acceptors (Lipinski definition) is 3. The molecule has 0 radical (unpaired) electrons. The zero-order chi connectivity index (χ0) is 11.5. The normalized spacial score (nSPS) is 19.5. The molecule has 2 rings (SSSR count). The van der Waals surface area contributed by atoms with E-state index in [9.17, 15) is 9.59 Å². The fraction of sp³-hybridized carbons (Fsp3) is 0.818. The molecule has 5 nitrogen and oxygen atoms in total. The van der Waals surface area contributed by atoms with Crippen molar-refractivity contribution in [2.75, 3.05) is 39.8 Å². The van der Waals surface area contributed by atoms with Gasteiger partial charge in [0.2, 0.25) is 11.8 Å². The first kappa shape index (κ1) is 14.3. The lowest BCUT2D eigenvalue weighted by molar-refractivity contribution is -0.140. The lowest BCUT2D eigenvalue weighted by Crippen LogP contribution is -2.49. The van der Waals surface area contributed by atoms with Gasteiger partial charge in [-0.2, -0.15) is 0 Å². The van der Waals surface area contributed by atoms with Crippen LogP contribution in [-0.2, 0) is 9.59 Å².